The van der Waals surface area contributed by atoms with Gasteiger partial charge < -0.3 is 14.4 Å². The highest BCUT2D eigenvalue weighted by molar-refractivity contribution is 5.32. The van der Waals surface area contributed by atoms with Crippen LogP contribution in [0.3, 0.4) is 0 Å². The largest absolute Gasteiger partial charge is 0.370 e. The average Bonchev–Trinajstić information content (AvgIpc) is 3.63. The Kier molecular flexibility index (Phi) is 6.46. The van der Waals surface area contributed by atoms with Crippen LogP contribution in [0.5, 0.6) is 0 Å². The van der Waals surface area contributed by atoms with Gasteiger partial charge in [0.15, 0.2) is 0 Å². The zero-order valence-electron chi connectivity index (χ0n) is 26.8. The summed E-state index contributed by atoms with van der Waals surface area (Å²) >= 11 is 0. The molecule has 0 spiro atoms. The van der Waals surface area contributed by atoms with Crippen LogP contribution < -0.4 is 0 Å². The summed E-state index contributed by atoms with van der Waals surface area (Å²) in [5.74, 6) is 3.96. The number of rotatable bonds is 3. The van der Waals surface area contributed by atoms with Crippen molar-refractivity contribution in [2.75, 3.05) is 0 Å². The van der Waals surface area contributed by atoms with Crippen molar-refractivity contribution in [3.05, 3.63) is 65.6 Å². The quantitative estimate of drug-likeness (QED) is 0.247. The third-order valence-electron chi connectivity index (χ3n) is 14.4. The zero-order chi connectivity index (χ0) is 28.9. The normalized spacial score (nSPS) is 50.1. The summed E-state index contributed by atoms with van der Waals surface area (Å²) in [6, 6.07) is 0.944. The van der Waals surface area contributed by atoms with E-state index < -0.39 is 0 Å². The Hall–Kier alpha value is -1.80. The molecule has 3 heteroatoms. The second-order valence-corrected chi connectivity index (χ2v) is 16.7. The van der Waals surface area contributed by atoms with Crippen LogP contribution in [0, 0.1) is 46.3 Å². The molecule has 2 saturated carbocycles. The SMILES string of the molecule is CC12CC(N(C3=CCC4C5=C=CCC[C@@H]5C(C)(C)C4C3)C3CC=CC4OC5CCCCC5C43)C=CC1OC1CCC=CC12. The summed E-state index contributed by atoms with van der Waals surface area (Å²) in [6.07, 6.45) is 36.4. The highest BCUT2D eigenvalue weighted by Crippen LogP contribution is 2.62. The van der Waals surface area contributed by atoms with Crippen molar-refractivity contribution in [3.63, 3.8) is 0 Å². The van der Waals surface area contributed by atoms with Gasteiger partial charge in [0.25, 0.3) is 0 Å². The number of nitrogens with zero attached hydrogens (tertiary/aromatic N) is 1. The minimum atomic E-state index is 0.164. The molecule has 7 aliphatic carbocycles. The Morgan fingerprint density at radius 2 is 1.79 bits per heavy atom. The summed E-state index contributed by atoms with van der Waals surface area (Å²) in [4.78, 5) is 3.03. The molecule has 0 aromatic heterocycles. The predicted molar refractivity (Wildman–Crippen MR) is 172 cm³/mol. The first-order valence-corrected chi connectivity index (χ1v) is 18.2. The van der Waals surface area contributed by atoms with Crippen LogP contribution in [-0.4, -0.2) is 41.4 Å². The first-order chi connectivity index (χ1) is 20.9. The molecule has 2 aliphatic heterocycles. The van der Waals surface area contributed by atoms with E-state index in [1.807, 2.05) is 0 Å². The molecule has 3 nitrogen and oxygen atoms in total. The first kappa shape index (κ1) is 27.5. The van der Waals surface area contributed by atoms with Crippen LogP contribution in [0.4, 0.5) is 0 Å². The molecule has 0 radical (unpaired) electrons. The van der Waals surface area contributed by atoms with E-state index in [0.717, 1.165) is 6.42 Å². The molecule has 0 aromatic carbocycles. The second kappa shape index (κ2) is 10.1. The van der Waals surface area contributed by atoms with Crippen molar-refractivity contribution < 1.29 is 9.47 Å². The Bertz CT molecular complexity index is 1330. The van der Waals surface area contributed by atoms with Gasteiger partial charge in [-0.1, -0.05) is 76.1 Å². The molecular weight excluding hydrogens is 526 g/mol. The van der Waals surface area contributed by atoms with Crippen LogP contribution in [0.25, 0.3) is 0 Å². The van der Waals surface area contributed by atoms with Crippen LogP contribution in [0.15, 0.2) is 65.6 Å². The average molecular weight is 580 g/mol. The maximum atomic E-state index is 6.86. The fraction of sp³-hybridized carbons (Fsp3) is 0.725. The van der Waals surface area contributed by atoms with E-state index in [1.165, 1.54) is 70.6 Å². The van der Waals surface area contributed by atoms with Gasteiger partial charge in [-0.25, -0.2) is 0 Å². The van der Waals surface area contributed by atoms with Crippen LogP contribution in [0.2, 0.25) is 0 Å². The predicted octanol–water partition coefficient (Wildman–Crippen LogP) is 8.70. The van der Waals surface area contributed by atoms with Crippen molar-refractivity contribution in [2.24, 2.45) is 46.3 Å². The number of allylic oxidation sites excluding steroid dienone is 4. The molecule has 12 unspecified atom stereocenters. The lowest BCUT2D eigenvalue weighted by molar-refractivity contribution is 0.0141. The molecular formula is C40H53NO2. The molecule has 230 valence electrons. The maximum absolute atomic E-state index is 6.86. The van der Waals surface area contributed by atoms with E-state index in [9.17, 15) is 0 Å². The van der Waals surface area contributed by atoms with E-state index in [1.54, 1.807) is 11.3 Å². The highest BCUT2D eigenvalue weighted by Gasteiger charge is 2.58. The third kappa shape index (κ3) is 4.06. The van der Waals surface area contributed by atoms with E-state index in [2.05, 4.69) is 80.0 Å². The Labute approximate surface area is 260 Å². The highest BCUT2D eigenvalue weighted by atomic mass is 16.5. The smallest absolute Gasteiger partial charge is 0.0821 e. The van der Waals surface area contributed by atoms with E-state index >= 15 is 0 Å². The molecule has 2 heterocycles. The second-order valence-electron chi connectivity index (χ2n) is 16.7. The minimum absolute atomic E-state index is 0.164. The van der Waals surface area contributed by atoms with E-state index in [-0.39, 0.29) is 11.5 Å². The first-order valence-electron chi connectivity index (χ1n) is 18.2. The van der Waals surface area contributed by atoms with Gasteiger partial charge in [0.05, 0.1) is 24.4 Å². The molecule has 0 aromatic rings. The molecule has 2 saturated heterocycles. The van der Waals surface area contributed by atoms with Gasteiger partial charge in [-0.2, -0.15) is 0 Å². The molecule has 4 fully saturated rings. The standard InChI is InChI=1S/C40H53NO2/c1-39(2)30-13-6-4-11-27(30)28-21-19-25(23-32(28)39)41(33-15-10-18-36-38(33)29-12-5-8-16-34(29)42-36)26-20-22-37-40(3,24-26)31-14-7-9-17-35(31)43-37/h4,7,10,14,18-20,22,26,28-38H,5-6,8-9,12-13,15-17,21,23-24H2,1-3H3/t26?,28?,29?,30-,31?,32?,33?,34?,35?,36?,37?,38?,40?/m0/s1. The molecule has 13 atom stereocenters. The van der Waals surface area contributed by atoms with Gasteiger partial charge in [-0.05, 0) is 105 Å². The molecule has 0 bridgehead atoms. The Morgan fingerprint density at radius 3 is 2.72 bits per heavy atom. The lowest BCUT2D eigenvalue weighted by Gasteiger charge is -2.52. The summed E-state index contributed by atoms with van der Waals surface area (Å²) in [7, 11) is 0. The van der Waals surface area contributed by atoms with Gasteiger partial charge in [0, 0.05) is 35.0 Å². The maximum Gasteiger partial charge on any atom is 0.0821 e. The van der Waals surface area contributed by atoms with Gasteiger partial charge in [-0.15, -0.1) is 5.73 Å². The number of ether oxygens (including phenoxy) is 2. The van der Waals surface area contributed by atoms with Crippen molar-refractivity contribution in [1.82, 2.24) is 4.90 Å². The van der Waals surface area contributed by atoms with Crippen molar-refractivity contribution in [1.29, 1.82) is 0 Å². The van der Waals surface area contributed by atoms with Gasteiger partial charge >= 0.3 is 0 Å². The van der Waals surface area contributed by atoms with Crippen LogP contribution >= 0.6 is 0 Å². The van der Waals surface area contributed by atoms with Crippen molar-refractivity contribution in [2.45, 2.75) is 134 Å². The summed E-state index contributed by atoms with van der Waals surface area (Å²) in [6.45, 7) is 7.74. The van der Waals surface area contributed by atoms with Gasteiger partial charge in [0.1, 0.15) is 0 Å². The lowest BCUT2D eigenvalue weighted by Crippen LogP contribution is -2.54. The fourth-order valence-electron chi connectivity index (χ4n) is 12.3. The topological polar surface area (TPSA) is 21.7 Å². The van der Waals surface area contributed by atoms with Crippen LogP contribution in [-0.2, 0) is 9.47 Å². The number of fused-ring (bicyclic) bond motifs is 9. The minimum Gasteiger partial charge on any atom is -0.370 e. The Morgan fingerprint density at radius 1 is 0.884 bits per heavy atom. The van der Waals surface area contributed by atoms with E-state index in [0.29, 0.717) is 71.3 Å². The van der Waals surface area contributed by atoms with Crippen molar-refractivity contribution in [3.8, 4) is 0 Å². The Balaban J connectivity index is 1.10. The molecule has 0 N–H and O–H groups in total. The summed E-state index contributed by atoms with van der Waals surface area (Å²) < 4.78 is 13.6. The van der Waals surface area contributed by atoms with Crippen LogP contribution in [0.1, 0.15) is 97.8 Å². The third-order valence-corrected chi connectivity index (χ3v) is 14.4. The van der Waals surface area contributed by atoms with Gasteiger partial charge in [-0.3, -0.25) is 0 Å². The monoisotopic (exact) mass is 579 g/mol. The summed E-state index contributed by atoms with van der Waals surface area (Å²) in [5, 5.41) is 0. The van der Waals surface area contributed by atoms with Crippen molar-refractivity contribution >= 4 is 0 Å². The van der Waals surface area contributed by atoms with Gasteiger partial charge in [0.2, 0.25) is 0 Å². The van der Waals surface area contributed by atoms with E-state index in [4.69, 9.17) is 9.47 Å². The zero-order valence-corrected chi connectivity index (χ0v) is 26.8. The number of hydrogen-bond acceptors (Lipinski definition) is 3. The fourth-order valence-corrected chi connectivity index (χ4v) is 12.3. The molecule has 9 aliphatic rings. The lowest BCUT2D eigenvalue weighted by atomic mass is 9.64. The molecule has 0 amide bonds. The molecule has 9 rings (SSSR count). The number of hydrogen-bond donors (Lipinski definition) is 0. The molecule has 43 heavy (non-hydrogen) atoms. The summed E-state index contributed by atoms with van der Waals surface area (Å²) in [5.41, 5.74) is 7.63.